The second-order valence-electron chi connectivity index (χ2n) is 6.41. The van der Waals surface area contributed by atoms with Crippen molar-refractivity contribution in [3.8, 4) is 5.75 Å². The van der Waals surface area contributed by atoms with Gasteiger partial charge in [0, 0.05) is 18.2 Å². The fourth-order valence-corrected chi connectivity index (χ4v) is 2.46. The minimum Gasteiger partial charge on any atom is -0.489 e. The van der Waals surface area contributed by atoms with Crippen molar-refractivity contribution in [3.05, 3.63) is 77.5 Å². The second-order valence-corrected chi connectivity index (χ2v) is 6.41. The highest BCUT2D eigenvalue weighted by Gasteiger charge is 2.24. The monoisotopic (exact) mass is 376 g/mol. The van der Waals surface area contributed by atoms with E-state index < -0.39 is 5.97 Å². The highest BCUT2D eigenvalue weighted by molar-refractivity contribution is 6.13. The van der Waals surface area contributed by atoms with Gasteiger partial charge in [0.05, 0.1) is 0 Å². The van der Waals surface area contributed by atoms with Crippen molar-refractivity contribution in [3.63, 3.8) is 0 Å². The number of ether oxygens (including phenoxy) is 2. The van der Waals surface area contributed by atoms with Crippen molar-refractivity contribution >= 4 is 29.5 Å². The molecule has 6 nitrogen and oxygen atoms in total. The van der Waals surface area contributed by atoms with Gasteiger partial charge < -0.3 is 14.8 Å². The Kier molecular flexibility index (Phi) is 5.69. The lowest BCUT2D eigenvalue weighted by atomic mass is 10.2. The molecule has 0 unspecified atom stereocenters. The number of aliphatic imine (C=N–C) groups is 1. The van der Waals surface area contributed by atoms with E-state index in [0.717, 1.165) is 16.9 Å². The summed E-state index contributed by atoms with van der Waals surface area (Å²) in [6.07, 6.45) is 1.66. The third-order valence-electron chi connectivity index (χ3n) is 3.74. The highest BCUT2D eigenvalue weighted by atomic mass is 16.6. The van der Waals surface area contributed by atoms with Gasteiger partial charge in [0.2, 0.25) is 11.8 Å². The summed E-state index contributed by atoms with van der Waals surface area (Å²) in [6.45, 7) is 7.59. The standard InChI is InChI=1S/C22H20N2O4/c1-14(2)13-27-19-10-4-16(5-11-19)12-20-22(26)28-21(24-20)17-6-8-18(9-7-17)23-15(3)25/h4-12H,1,13H2,2-3H3,(H,23,25)/b20-12-. The van der Waals surface area contributed by atoms with E-state index in [1.807, 2.05) is 31.2 Å². The molecule has 0 radical (unpaired) electrons. The topological polar surface area (TPSA) is 77.0 Å². The van der Waals surface area contributed by atoms with Crippen molar-refractivity contribution in [2.45, 2.75) is 13.8 Å². The predicted octanol–water partition coefficient (Wildman–Crippen LogP) is 3.94. The minimum atomic E-state index is -0.511. The van der Waals surface area contributed by atoms with Gasteiger partial charge in [-0.1, -0.05) is 18.7 Å². The van der Waals surface area contributed by atoms with E-state index in [1.165, 1.54) is 6.92 Å². The molecule has 28 heavy (non-hydrogen) atoms. The number of amides is 1. The van der Waals surface area contributed by atoms with Gasteiger partial charge in [0.1, 0.15) is 12.4 Å². The van der Waals surface area contributed by atoms with Crippen molar-refractivity contribution in [2.24, 2.45) is 4.99 Å². The van der Waals surface area contributed by atoms with E-state index in [4.69, 9.17) is 9.47 Å². The van der Waals surface area contributed by atoms with E-state index in [1.54, 1.807) is 30.3 Å². The number of cyclic esters (lactones) is 1. The van der Waals surface area contributed by atoms with Crippen LogP contribution in [0.5, 0.6) is 5.75 Å². The van der Waals surface area contributed by atoms with Crippen LogP contribution < -0.4 is 10.1 Å². The lowest BCUT2D eigenvalue weighted by Gasteiger charge is -2.05. The molecule has 1 amide bonds. The zero-order valence-corrected chi connectivity index (χ0v) is 15.7. The molecule has 1 N–H and O–H groups in total. The van der Waals surface area contributed by atoms with Crippen LogP contribution >= 0.6 is 0 Å². The Morgan fingerprint density at radius 1 is 1.14 bits per heavy atom. The molecule has 0 aliphatic carbocycles. The number of rotatable bonds is 6. The molecule has 0 aromatic heterocycles. The average molecular weight is 376 g/mol. The van der Waals surface area contributed by atoms with Crippen LogP contribution in [0, 0.1) is 0 Å². The Bertz CT molecular complexity index is 971. The molecule has 0 atom stereocenters. The number of anilines is 1. The molecule has 0 spiro atoms. The third-order valence-corrected chi connectivity index (χ3v) is 3.74. The first-order valence-corrected chi connectivity index (χ1v) is 8.68. The zero-order chi connectivity index (χ0) is 20.1. The molecular weight excluding hydrogens is 356 g/mol. The van der Waals surface area contributed by atoms with Gasteiger partial charge >= 0.3 is 5.97 Å². The summed E-state index contributed by atoms with van der Waals surface area (Å²) in [6, 6.07) is 14.2. The number of nitrogens with one attached hydrogen (secondary N) is 1. The first kappa shape index (κ1) is 19.1. The van der Waals surface area contributed by atoms with E-state index in [2.05, 4.69) is 16.9 Å². The second kappa shape index (κ2) is 8.35. The molecule has 142 valence electrons. The summed E-state index contributed by atoms with van der Waals surface area (Å²) in [7, 11) is 0. The van der Waals surface area contributed by atoms with Crippen LogP contribution in [0.3, 0.4) is 0 Å². The largest absolute Gasteiger partial charge is 0.489 e. The number of nitrogens with zero attached hydrogens (tertiary/aromatic N) is 1. The molecule has 1 aliphatic rings. The van der Waals surface area contributed by atoms with E-state index in [-0.39, 0.29) is 17.5 Å². The van der Waals surface area contributed by atoms with Crippen LogP contribution in [-0.4, -0.2) is 24.4 Å². The lowest BCUT2D eigenvalue weighted by molar-refractivity contribution is -0.129. The molecule has 0 fully saturated rings. The van der Waals surface area contributed by atoms with Crippen molar-refractivity contribution in [1.29, 1.82) is 0 Å². The minimum absolute atomic E-state index is 0.154. The maximum Gasteiger partial charge on any atom is 0.363 e. The number of carbonyl (C=O) groups excluding carboxylic acids is 2. The maximum atomic E-state index is 12.1. The van der Waals surface area contributed by atoms with Crippen LogP contribution in [0.4, 0.5) is 5.69 Å². The van der Waals surface area contributed by atoms with Crippen LogP contribution in [0.2, 0.25) is 0 Å². The number of hydrogen-bond acceptors (Lipinski definition) is 5. The number of benzene rings is 2. The predicted molar refractivity (Wildman–Crippen MR) is 108 cm³/mol. The van der Waals surface area contributed by atoms with Crippen LogP contribution in [0.15, 0.2) is 71.4 Å². The molecule has 6 heteroatoms. The summed E-state index contributed by atoms with van der Waals surface area (Å²) in [5.74, 6) is 0.289. The van der Waals surface area contributed by atoms with Crippen LogP contribution in [0.1, 0.15) is 25.0 Å². The summed E-state index contributed by atoms with van der Waals surface area (Å²) >= 11 is 0. The molecule has 3 rings (SSSR count). The Morgan fingerprint density at radius 2 is 1.82 bits per heavy atom. The molecular formula is C22H20N2O4. The van der Waals surface area contributed by atoms with Gasteiger partial charge in [0.25, 0.3) is 0 Å². The Labute approximate surface area is 163 Å². The van der Waals surface area contributed by atoms with E-state index in [0.29, 0.717) is 17.9 Å². The van der Waals surface area contributed by atoms with Crippen LogP contribution in [-0.2, 0) is 14.3 Å². The average Bonchev–Trinajstić information content (AvgIpc) is 3.02. The quantitative estimate of drug-likeness (QED) is 0.471. The first-order chi connectivity index (χ1) is 13.4. The molecule has 0 bridgehead atoms. The normalized spacial score (nSPS) is 14.4. The Hall–Kier alpha value is -3.67. The Morgan fingerprint density at radius 3 is 2.43 bits per heavy atom. The smallest absolute Gasteiger partial charge is 0.363 e. The number of carbonyl (C=O) groups is 2. The molecule has 2 aromatic rings. The molecule has 0 saturated carbocycles. The van der Waals surface area contributed by atoms with Gasteiger partial charge in [-0.15, -0.1) is 0 Å². The molecule has 1 aliphatic heterocycles. The van der Waals surface area contributed by atoms with Crippen molar-refractivity contribution in [1.82, 2.24) is 0 Å². The Balaban J connectivity index is 1.74. The van der Waals surface area contributed by atoms with Crippen LogP contribution in [0.25, 0.3) is 6.08 Å². The van der Waals surface area contributed by atoms with E-state index >= 15 is 0 Å². The third kappa shape index (κ3) is 4.94. The molecule has 0 saturated heterocycles. The van der Waals surface area contributed by atoms with Gasteiger partial charge in [-0.05, 0) is 60.5 Å². The SMILES string of the molecule is C=C(C)COc1ccc(/C=C2\N=C(c3ccc(NC(C)=O)cc3)OC2=O)cc1. The molecule has 1 heterocycles. The lowest BCUT2D eigenvalue weighted by Crippen LogP contribution is -2.07. The number of hydrogen-bond donors (Lipinski definition) is 1. The van der Waals surface area contributed by atoms with Crippen molar-refractivity contribution in [2.75, 3.05) is 11.9 Å². The van der Waals surface area contributed by atoms with Crippen molar-refractivity contribution < 1.29 is 19.1 Å². The fourth-order valence-electron chi connectivity index (χ4n) is 2.46. The van der Waals surface area contributed by atoms with E-state index in [9.17, 15) is 9.59 Å². The van der Waals surface area contributed by atoms with Gasteiger partial charge in [-0.3, -0.25) is 4.79 Å². The summed E-state index contributed by atoms with van der Waals surface area (Å²) in [5.41, 5.74) is 3.27. The maximum absolute atomic E-state index is 12.1. The highest BCUT2D eigenvalue weighted by Crippen LogP contribution is 2.21. The zero-order valence-electron chi connectivity index (χ0n) is 15.7. The van der Waals surface area contributed by atoms with Gasteiger partial charge in [-0.25, -0.2) is 9.79 Å². The summed E-state index contributed by atoms with van der Waals surface area (Å²) < 4.78 is 10.8. The number of esters is 1. The van der Waals surface area contributed by atoms with Gasteiger partial charge in [0.15, 0.2) is 5.70 Å². The summed E-state index contributed by atoms with van der Waals surface area (Å²) in [4.78, 5) is 27.5. The summed E-state index contributed by atoms with van der Waals surface area (Å²) in [5, 5.41) is 2.68. The fraction of sp³-hybridized carbons (Fsp3) is 0.136. The molecule has 2 aromatic carbocycles. The van der Waals surface area contributed by atoms with Gasteiger partial charge in [-0.2, -0.15) is 0 Å². The first-order valence-electron chi connectivity index (χ1n) is 8.68.